The fourth-order valence-electron chi connectivity index (χ4n) is 4.35. The molecule has 1 aliphatic rings. The van der Waals surface area contributed by atoms with Gasteiger partial charge in [0.1, 0.15) is 11.5 Å². The highest BCUT2D eigenvalue weighted by Gasteiger charge is 2.17. The third-order valence-corrected chi connectivity index (χ3v) is 6.00. The van der Waals surface area contributed by atoms with Gasteiger partial charge in [0.2, 0.25) is 0 Å². The van der Waals surface area contributed by atoms with Gasteiger partial charge >= 0.3 is 0 Å². The van der Waals surface area contributed by atoms with Crippen molar-refractivity contribution in [2.24, 2.45) is 7.05 Å². The van der Waals surface area contributed by atoms with Crippen LogP contribution >= 0.6 is 0 Å². The summed E-state index contributed by atoms with van der Waals surface area (Å²) in [6.07, 6.45) is 7.71. The highest BCUT2D eigenvalue weighted by Crippen LogP contribution is 2.35. The fourth-order valence-corrected chi connectivity index (χ4v) is 4.35. The quantitative estimate of drug-likeness (QED) is 0.500. The van der Waals surface area contributed by atoms with Crippen molar-refractivity contribution in [2.75, 3.05) is 27.3 Å². The van der Waals surface area contributed by atoms with Crippen LogP contribution in [0.25, 0.3) is 27.9 Å². The number of aromatic nitrogens is 4. The Morgan fingerprint density at radius 2 is 1.79 bits per heavy atom. The maximum atomic E-state index is 5.56. The van der Waals surface area contributed by atoms with E-state index in [1.165, 1.54) is 11.1 Å². The maximum absolute atomic E-state index is 5.56. The fraction of sp³-hybridized carbons (Fsp3) is 0.269. The van der Waals surface area contributed by atoms with E-state index in [1.807, 2.05) is 31.6 Å². The predicted molar refractivity (Wildman–Crippen MR) is 129 cm³/mol. The van der Waals surface area contributed by atoms with Gasteiger partial charge in [0.05, 0.1) is 43.3 Å². The van der Waals surface area contributed by atoms with Crippen LogP contribution in [0.15, 0.2) is 60.6 Å². The van der Waals surface area contributed by atoms with Crippen LogP contribution in [0.2, 0.25) is 0 Å². The molecule has 1 saturated heterocycles. The molecular weight excluding hydrogens is 414 g/mol. The van der Waals surface area contributed by atoms with E-state index in [2.05, 4.69) is 39.7 Å². The van der Waals surface area contributed by atoms with E-state index in [0.717, 1.165) is 70.8 Å². The molecule has 0 atom stereocenters. The lowest BCUT2D eigenvalue weighted by molar-refractivity contribution is 0.394. The molecule has 1 N–H and O–H groups in total. The Morgan fingerprint density at radius 3 is 2.45 bits per heavy atom. The first-order valence-corrected chi connectivity index (χ1v) is 11.1. The number of aryl methyl sites for hydroxylation is 1. The number of fused-ring (bicyclic) bond motifs is 1. The normalized spacial score (nSPS) is 15.5. The molecule has 2 aromatic heterocycles. The van der Waals surface area contributed by atoms with Crippen LogP contribution in [0.5, 0.6) is 11.5 Å². The second kappa shape index (κ2) is 9.03. The molecule has 0 saturated carbocycles. The minimum Gasteiger partial charge on any atom is -0.497 e. The van der Waals surface area contributed by atoms with Gasteiger partial charge in [-0.3, -0.25) is 9.67 Å². The molecule has 0 radical (unpaired) electrons. The number of methoxy groups -OCH3 is 2. The number of nitrogens with one attached hydrogen (secondary N) is 1. The van der Waals surface area contributed by atoms with Crippen molar-refractivity contribution in [3.8, 4) is 22.8 Å². The summed E-state index contributed by atoms with van der Waals surface area (Å²) in [4.78, 5) is 9.54. The number of nitrogens with zero attached hydrogens (tertiary/aromatic N) is 4. The van der Waals surface area contributed by atoms with Crippen LogP contribution in [0.1, 0.15) is 24.0 Å². The Kier molecular flexibility index (Phi) is 5.79. The second-order valence-electron chi connectivity index (χ2n) is 8.22. The van der Waals surface area contributed by atoms with Gasteiger partial charge in [-0.2, -0.15) is 5.10 Å². The van der Waals surface area contributed by atoms with Crippen molar-refractivity contribution >= 4 is 16.6 Å². The van der Waals surface area contributed by atoms with Crippen molar-refractivity contribution in [3.05, 3.63) is 71.7 Å². The molecule has 168 valence electrons. The summed E-state index contributed by atoms with van der Waals surface area (Å²) in [5, 5.41) is 7.79. The first-order chi connectivity index (χ1) is 16.1. The third kappa shape index (κ3) is 4.32. The minimum atomic E-state index is 0.769. The van der Waals surface area contributed by atoms with Crippen LogP contribution in [-0.4, -0.2) is 47.1 Å². The number of hydrogen-bond donors (Lipinski definition) is 1. The summed E-state index contributed by atoms with van der Waals surface area (Å²) < 4.78 is 12.9. The standard InChI is InChI=1S/C26H27N5O2/c1-31-16-20(14-29-31)25-15-28-23-7-6-17(11-24(23)30-25)26(18-5-4-8-27-13-18)19-9-21(32-2)12-22(10-19)33-3/h6-7,9-12,14-16,27H,4-5,8,13H2,1-3H3/b26-18+. The zero-order chi connectivity index (χ0) is 22.8. The van der Waals surface area contributed by atoms with Gasteiger partial charge in [0.25, 0.3) is 0 Å². The van der Waals surface area contributed by atoms with E-state index in [1.54, 1.807) is 25.1 Å². The average Bonchev–Trinajstić information content (AvgIpc) is 3.30. The minimum absolute atomic E-state index is 0.769. The zero-order valence-corrected chi connectivity index (χ0v) is 19.1. The van der Waals surface area contributed by atoms with E-state index in [4.69, 9.17) is 14.5 Å². The Labute approximate surface area is 193 Å². The van der Waals surface area contributed by atoms with E-state index >= 15 is 0 Å². The Hall–Kier alpha value is -3.71. The van der Waals surface area contributed by atoms with Crippen LogP contribution in [0.4, 0.5) is 0 Å². The number of ether oxygens (including phenoxy) is 2. The van der Waals surface area contributed by atoms with Crippen molar-refractivity contribution in [3.63, 3.8) is 0 Å². The summed E-state index contributed by atoms with van der Waals surface area (Å²) in [5.74, 6) is 1.54. The lowest BCUT2D eigenvalue weighted by Crippen LogP contribution is -2.24. The molecule has 1 fully saturated rings. The predicted octanol–water partition coefficient (Wildman–Crippen LogP) is 4.23. The highest BCUT2D eigenvalue weighted by molar-refractivity contribution is 5.88. The first kappa shape index (κ1) is 21.2. The largest absolute Gasteiger partial charge is 0.497 e. The number of benzene rings is 2. The Bertz CT molecular complexity index is 1310. The maximum Gasteiger partial charge on any atom is 0.123 e. The second-order valence-corrected chi connectivity index (χ2v) is 8.22. The average molecular weight is 442 g/mol. The number of rotatable bonds is 5. The van der Waals surface area contributed by atoms with E-state index < -0.39 is 0 Å². The Morgan fingerprint density at radius 1 is 0.970 bits per heavy atom. The summed E-state index contributed by atoms with van der Waals surface area (Å²) in [7, 11) is 5.26. The molecule has 4 aromatic rings. The number of piperidine rings is 1. The van der Waals surface area contributed by atoms with Crippen LogP contribution < -0.4 is 14.8 Å². The lowest BCUT2D eigenvalue weighted by Gasteiger charge is -2.22. The van der Waals surface area contributed by atoms with Crippen LogP contribution in [0.3, 0.4) is 0 Å². The Balaban J connectivity index is 1.67. The molecule has 0 amide bonds. The molecule has 0 spiro atoms. The summed E-state index contributed by atoms with van der Waals surface area (Å²) in [6.45, 7) is 1.89. The topological polar surface area (TPSA) is 74.1 Å². The molecule has 5 rings (SSSR count). The lowest BCUT2D eigenvalue weighted by atomic mass is 9.89. The zero-order valence-electron chi connectivity index (χ0n) is 19.1. The van der Waals surface area contributed by atoms with Gasteiger partial charge in [-0.1, -0.05) is 6.07 Å². The van der Waals surface area contributed by atoms with Gasteiger partial charge in [-0.15, -0.1) is 0 Å². The molecule has 7 heteroatoms. The molecule has 0 aliphatic carbocycles. The smallest absolute Gasteiger partial charge is 0.123 e. The molecule has 0 bridgehead atoms. The SMILES string of the molecule is COc1cc(OC)cc(/C(=C2\CCCNC2)c2ccc3ncc(-c4cnn(C)c4)nc3c2)c1. The molecule has 2 aromatic carbocycles. The van der Waals surface area contributed by atoms with Gasteiger partial charge < -0.3 is 14.8 Å². The molecule has 0 unspecified atom stereocenters. The summed E-state index contributed by atoms with van der Waals surface area (Å²) >= 11 is 0. The molecule has 3 heterocycles. The van der Waals surface area contributed by atoms with Crippen molar-refractivity contribution in [1.82, 2.24) is 25.1 Å². The van der Waals surface area contributed by atoms with E-state index in [-0.39, 0.29) is 0 Å². The van der Waals surface area contributed by atoms with Gasteiger partial charge in [-0.25, -0.2) is 4.98 Å². The summed E-state index contributed by atoms with van der Waals surface area (Å²) in [5.41, 5.74) is 8.21. The molecular formula is C26H27N5O2. The molecule has 7 nitrogen and oxygen atoms in total. The molecule has 33 heavy (non-hydrogen) atoms. The van der Waals surface area contributed by atoms with Crippen LogP contribution in [0, 0.1) is 0 Å². The highest BCUT2D eigenvalue weighted by atomic mass is 16.5. The monoisotopic (exact) mass is 441 g/mol. The number of hydrogen-bond acceptors (Lipinski definition) is 6. The summed E-state index contributed by atoms with van der Waals surface area (Å²) in [6, 6.07) is 12.3. The first-order valence-electron chi connectivity index (χ1n) is 11.1. The third-order valence-electron chi connectivity index (χ3n) is 6.00. The van der Waals surface area contributed by atoms with Gasteiger partial charge in [-0.05, 0) is 65.9 Å². The molecule has 1 aliphatic heterocycles. The van der Waals surface area contributed by atoms with E-state index in [0.29, 0.717) is 0 Å². The van der Waals surface area contributed by atoms with Gasteiger partial charge in [0, 0.05) is 31.4 Å². The van der Waals surface area contributed by atoms with Gasteiger partial charge in [0.15, 0.2) is 0 Å². The van der Waals surface area contributed by atoms with Crippen molar-refractivity contribution in [1.29, 1.82) is 0 Å². The van der Waals surface area contributed by atoms with Crippen molar-refractivity contribution in [2.45, 2.75) is 12.8 Å². The van der Waals surface area contributed by atoms with E-state index in [9.17, 15) is 0 Å². The van der Waals surface area contributed by atoms with Crippen LogP contribution in [-0.2, 0) is 7.05 Å². The van der Waals surface area contributed by atoms with Crippen molar-refractivity contribution < 1.29 is 9.47 Å².